The Morgan fingerprint density at radius 2 is 1.72 bits per heavy atom. The minimum absolute atomic E-state index is 0.0545. The fraction of sp³-hybridized carbons (Fsp3) is 0.286. The number of hydrogen-bond acceptors (Lipinski definition) is 12. The van der Waals surface area contributed by atoms with Crippen LogP contribution >= 0.6 is 11.3 Å². The molecule has 0 saturated carbocycles. The van der Waals surface area contributed by atoms with Gasteiger partial charge in [0.05, 0.1) is 48.9 Å². The lowest BCUT2D eigenvalue weighted by Gasteiger charge is -2.34. The van der Waals surface area contributed by atoms with E-state index < -0.39 is 0 Å². The Kier molecular flexibility index (Phi) is 9.37. The number of aromatic nitrogens is 5. The van der Waals surface area contributed by atoms with Crippen molar-refractivity contribution in [3.8, 4) is 23.4 Å². The fourth-order valence-corrected chi connectivity index (χ4v) is 7.20. The maximum absolute atomic E-state index is 13.2. The van der Waals surface area contributed by atoms with E-state index in [0.717, 1.165) is 35.8 Å². The summed E-state index contributed by atoms with van der Waals surface area (Å²) in [5, 5.41) is 17.3. The second-order valence-corrected chi connectivity index (χ2v) is 13.1. The molecule has 1 saturated heterocycles. The van der Waals surface area contributed by atoms with Gasteiger partial charge in [-0.05, 0) is 35.7 Å². The van der Waals surface area contributed by atoms with Crippen molar-refractivity contribution in [2.45, 2.75) is 19.5 Å². The number of thiophene rings is 1. The monoisotopic (exact) mass is 690 g/mol. The molecule has 0 spiro atoms. The molecule has 2 aliphatic rings. The van der Waals surface area contributed by atoms with E-state index >= 15 is 0 Å². The van der Waals surface area contributed by atoms with Crippen LogP contribution in [-0.2, 0) is 26.6 Å². The maximum atomic E-state index is 13.2. The summed E-state index contributed by atoms with van der Waals surface area (Å²) in [4.78, 5) is 46.4. The summed E-state index contributed by atoms with van der Waals surface area (Å²) in [7, 11) is 3.40. The molecule has 0 bridgehead atoms. The van der Waals surface area contributed by atoms with Crippen LogP contribution in [0.15, 0.2) is 67.4 Å². The van der Waals surface area contributed by atoms with Crippen molar-refractivity contribution >= 4 is 34.1 Å². The maximum Gasteiger partial charge on any atom is 0.259 e. The van der Waals surface area contributed by atoms with Gasteiger partial charge in [-0.2, -0.15) is 10.4 Å². The predicted molar refractivity (Wildman–Crippen MR) is 185 cm³/mol. The number of rotatable bonds is 9. The number of pyridine rings is 1. The first-order valence-electron chi connectivity index (χ1n) is 16.1. The number of carbonyl (C=O) groups excluding carboxylic acids is 2. The van der Waals surface area contributed by atoms with E-state index in [1.807, 2.05) is 21.9 Å². The lowest BCUT2D eigenvalue weighted by molar-refractivity contribution is 0.0628. The largest absolute Gasteiger partial charge is 0.497 e. The molecule has 15 heteroatoms. The molecular formula is C35H34N10O4S. The molecule has 1 N–H and O–H groups in total. The number of piperazine rings is 1. The minimum atomic E-state index is -0.310. The van der Waals surface area contributed by atoms with Crippen molar-refractivity contribution in [1.29, 1.82) is 5.26 Å². The van der Waals surface area contributed by atoms with Crippen LogP contribution in [0.3, 0.4) is 0 Å². The van der Waals surface area contributed by atoms with Gasteiger partial charge in [0.25, 0.3) is 11.8 Å². The van der Waals surface area contributed by atoms with E-state index in [9.17, 15) is 14.9 Å². The van der Waals surface area contributed by atoms with E-state index in [1.165, 1.54) is 29.3 Å². The number of fused-ring (bicyclic) bond motifs is 1. The van der Waals surface area contributed by atoms with Crippen molar-refractivity contribution in [3.05, 3.63) is 100 Å². The van der Waals surface area contributed by atoms with Gasteiger partial charge >= 0.3 is 0 Å². The number of nitrogens with zero attached hydrogens (tertiary/aromatic N) is 9. The molecule has 14 nitrogen and oxygen atoms in total. The summed E-state index contributed by atoms with van der Waals surface area (Å²) in [6.45, 7) is 4.82. The van der Waals surface area contributed by atoms with E-state index in [0.29, 0.717) is 71.9 Å². The smallest absolute Gasteiger partial charge is 0.259 e. The second kappa shape index (κ2) is 14.3. The number of nitriles is 1. The van der Waals surface area contributed by atoms with Crippen LogP contribution in [0, 0.1) is 11.3 Å². The van der Waals surface area contributed by atoms with Crippen LogP contribution in [0.2, 0.25) is 0 Å². The fourth-order valence-electron chi connectivity index (χ4n) is 5.99. The molecule has 4 aromatic heterocycles. The molecule has 50 heavy (non-hydrogen) atoms. The Morgan fingerprint density at radius 3 is 2.38 bits per heavy atom. The third kappa shape index (κ3) is 7.12. The number of benzene rings is 1. The molecule has 0 radical (unpaired) electrons. The zero-order valence-electron chi connectivity index (χ0n) is 27.6. The average Bonchev–Trinajstić information content (AvgIpc) is 3.75. The number of anilines is 2. The first kappa shape index (κ1) is 32.7. The first-order chi connectivity index (χ1) is 24.4. The Balaban J connectivity index is 0.915. The summed E-state index contributed by atoms with van der Waals surface area (Å²) >= 11 is 1.39. The van der Waals surface area contributed by atoms with Crippen LogP contribution in [-0.4, -0.2) is 86.2 Å². The molecule has 254 valence electrons. The van der Waals surface area contributed by atoms with Crippen LogP contribution in [0.25, 0.3) is 0 Å². The van der Waals surface area contributed by atoms with Gasteiger partial charge in [-0.15, -0.1) is 11.3 Å². The number of hydrogen-bond donors (Lipinski definition) is 1. The molecule has 0 atom stereocenters. The van der Waals surface area contributed by atoms with Gasteiger partial charge in [-0.3, -0.25) is 19.2 Å². The predicted octanol–water partition coefficient (Wildman–Crippen LogP) is 4.11. The van der Waals surface area contributed by atoms with Crippen LogP contribution in [0.5, 0.6) is 17.4 Å². The summed E-state index contributed by atoms with van der Waals surface area (Å²) in [5.74, 6) is 1.74. The summed E-state index contributed by atoms with van der Waals surface area (Å²) in [6, 6.07) is 13.7. The zero-order valence-corrected chi connectivity index (χ0v) is 28.4. The second-order valence-electron chi connectivity index (χ2n) is 12.0. The number of amides is 2. The van der Waals surface area contributed by atoms with Gasteiger partial charge in [-0.1, -0.05) is 12.1 Å². The molecule has 1 fully saturated rings. The van der Waals surface area contributed by atoms with E-state index in [1.54, 1.807) is 49.6 Å². The number of aryl methyl sites for hydroxylation is 1. The normalized spacial score (nSPS) is 14.5. The number of carbonyl (C=O) groups is 2. The quantitative estimate of drug-likeness (QED) is 0.238. The third-order valence-electron chi connectivity index (χ3n) is 8.69. The molecule has 7 rings (SSSR count). The Morgan fingerprint density at radius 1 is 0.940 bits per heavy atom. The molecule has 2 amide bonds. The van der Waals surface area contributed by atoms with Gasteiger partial charge in [0, 0.05) is 69.7 Å². The lowest BCUT2D eigenvalue weighted by Crippen LogP contribution is -2.48. The van der Waals surface area contributed by atoms with Gasteiger partial charge in [0.2, 0.25) is 11.8 Å². The van der Waals surface area contributed by atoms with Gasteiger partial charge in [0.1, 0.15) is 16.8 Å². The first-order valence-corrected chi connectivity index (χ1v) is 16.9. The molecule has 5 aromatic rings. The highest BCUT2D eigenvalue weighted by Crippen LogP contribution is 2.37. The van der Waals surface area contributed by atoms with Gasteiger partial charge in [0.15, 0.2) is 5.75 Å². The minimum Gasteiger partial charge on any atom is -0.497 e. The number of nitrogens with one attached hydrogen (secondary N) is 1. The summed E-state index contributed by atoms with van der Waals surface area (Å²) in [6.07, 6.45) is 8.43. The van der Waals surface area contributed by atoms with Crippen molar-refractivity contribution in [2.24, 2.45) is 7.05 Å². The van der Waals surface area contributed by atoms with Crippen molar-refractivity contribution in [1.82, 2.24) is 34.5 Å². The molecule has 0 unspecified atom stereocenters. The Labute approximate surface area is 292 Å². The average molecular weight is 691 g/mol. The van der Waals surface area contributed by atoms with E-state index in [-0.39, 0.29) is 11.8 Å². The standard InChI is InChI=1S/C35H34N10O4S/c1-42-21-25(17-40-42)32(46)41-33-29(15-36)28-9-10-45(22-30(28)50-33)35-38-18-27(19-39-35)49-31-8-5-24(16-37-31)34(47)44-13-11-43(12-14-44)20-23-3-6-26(48-2)7-4-23/h3-8,16-19,21H,9-14,20,22H2,1-2H3,(H,41,46). The SMILES string of the molecule is COc1ccc(CN2CCN(C(=O)c3ccc(Oc4cnc(N5CCc6c(sc(NC(=O)c7cnn(C)c7)c6C#N)C5)nc4)nc3)CC2)cc1. The van der Waals surface area contributed by atoms with Gasteiger partial charge in [-0.25, -0.2) is 15.0 Å². The number of ether oxygens (including phenoxy) is 2. The van der Waals surface area contributed by atoms with Crippen molar-refractivity contribution in [3.63, 3.8) is 0 Å². The van der Waals surface area contributed by atoms with Crippen molar-refractivity contribution in [2.75, 3.05) is 50.1 Å². The van der Waals surface area contributed by atoms with E-state index in [4.69, 9.17) is 9.47 Å². The highest BCUT2D eigenvalue weighted by Gasteiger charge is 2.27. The van der Waals surface area contributed by atoms with Gasteiger partial charge < -0.3 is 24.6 Å². The summed E-state index contributed by atoms with van der Waals surface area (Å²) in [5.41, 5.74) is 3.57. The van der Waals surface area contributed by atoms with Crippen LogP contribution < -0.4 is 19.7 Å². The molecule has 0 aliphatic carbocycles. The molecule has 6 heterocycles. The highest BCUT2D eigenvalue weighted by atomic mass is 32.1. The van der Waals surface area contributed by atoms with E-state index in [2.05, 4.69) is 48.5 Å². The topological polar surface area (TPSA) is 155 Å². The lowest BCUT2D eigenvalue weighted by atomic mass is 10.0. The Bertz CT molecular complexity index is 2030. The highest BCUT2D eigenvalue weighted by molar-refractivity contribution is 7.16. The third-order valence-corrected chi connectivity index (χ3v) is 9.82. The Hall–Kier alpha value is -5.85. The summed E-state index contributed by atoms with van der Waals surface area (Å²) < 4.78 is 12.7. The van der Waals surface area contributed by atoms with Crippen molar-refractivity contribution < 1.29 is 19.1 Å². The number of methoxy groups -OCH3 is 1. The molecular weight excluding hydrogens is 657 g/mol. The molecule has 2 aliphatic heterocycles. The van der Waals surface area contributed by atoms with Crippen LogP contribution in [0.4, 0.5) is 10.9 Å². The zero-order chi connectivity index (χ0) is 34.6. The molecule has 1 aromatic carbocycles. The van der Waals surface area contributed by atoms with Crippen LogP contribution in [0.1, 0.15) is 42.3 Å².